The van der Waals surface area contributed by atoms with E-state index in [9.17, 15) is 0 Å². The Bertz CT molecular complexity index is 1530. The van der Waals surface area contributed by atoms with Gasteiger partial charge in [-0.05, 0) is 90.6 Å². The first-order chi connectivity index (χ1) is 16.9. The van der Waals surface area contributed by atoms with E-state index in [1.807, 2.05) is 6.07 Å². The molecule has 0 unspecified atom stereocenters. The van der Waals surface area contributed by atoms with Gasteiger partial charge >= 0.3 is 0 Å². The largest absolute Gasteiger partial charge is 0.113 e. The van der Waals surface area contributed by atoms with Gasteiger partial charge in [0, 0.05) is 0 Å². The SMILES string of the molecule is [B]c1ccc2c(c1)C(=C1c3cc(CC)ccc3-c3ccc(C(C)C)cc31)c1cc(C(C)C)ccc1-2. The van der Waals surface area contributed by atoms with Crippen molar-refractivity contribution in [2.45, 2.75) is 52.9 Å². The molecule has 6 rings (SSSR count). The molecule has 0 heterocycles. The van der Waals surface area contributed by atoms with Crippen molar-refractivity contribution < 1.29 is 0 Å². The number of aryl methyl sites for hydroxylation is 1. The molecule has 4 aromatic carbocycles. The smallest absolute Gasteiger partial charge is 0.0960 e. The van der Waals surface area contributed by atoms with Crippen molar-refractivity contribution >= 4 is 24.5 Å². The summed E-state index contributed by atoms with van der Waals surface area (Å²) in [5, 5.41) is 0. The maximum Gasteiger partial charge on any atom is 0.113 e. The second-order valence-electron chi connectivity index (χ2n) is 10.7. The average molecular weight is 450 g/mol. The van der Waals surface area contributed by atoms with Gasteiger partial charge in [-0.3, -0.25) is 0 Å². The molecule has 2 aliphatic rings. The zero-order valence-electron chi connectivity index (χ0n) is 21.4. The number of fused-ring (bicyclic) bond motifs is 6. The first kappa shape index (κ1) is 22.2. The van der Waals surface area contributed by atoms with Gasteiger partial charge in [0.05, 0.1) is 0 Å². The first-order valence-corrected chi connectivity index (χ1v) is 12.9. The van der Waals surface area contributed by atoms with E-state index in [4.69, 9.17) is 7.85 Å². The third kappa shape index (κ3) is 3.36. The highest BCUT2D eigenvalue weighted by Crippen LogP contribution is 2.54. The second kappa shape index (κ2) is 8.13. The van der Waals surface area contributed by atoms with E-state index in [0.717, 1.165) is 11.9 Å². The third-order valence-corrected chi connectivity index (χ3v) is 7.86. The lowest BCUT2D eigenvalue weighted by Gasteiger charge is -2.15. The summed E-state index contributed by atoms with van der Waals surface area (Å²) in [7, 11) is 6.38. The quantitative estimate of drug-likeness (QED) is 0.238. The lowest BCUT2D eigenvalue weighted by molar-refractivity contribution is 0.866. The minimum atomic E-state index is 0.475. The van der Waals surface area contributed by atoms with Crippen LogP contribution in [-0.4, -0.2) is 7.85 Å². The zero-order chi connectivity index (χ0) is 24.4. The molecule has 0 spiro atoms. The summed E-state index contributed by atoms with van der Waals surface area (Å²) in [5.41, 5.74) is 18.2. The van der Waals surface area contributed by atoms with Gasteiger partial charge in [0.1, 0.15) is 7.85 Å². The van der Waals surface area contributed by atoms with Gasteiger partial charge in [0.15, 0.2) is 0 Å². The molecular weight excluding hydrogens is 419 g/mol. The van der Waals surface area contributed by atoms with Gasteiger partial charge in [-0.25, -0.2) is 0 Å². The molecule has 2 aliphatic carbocycles. The van der Waals surface area contributed by atoms with E-state index in [0.29, 0.717) is 11.8 Å². The maximum absolute atomic E-state index is 6.38. The fraction of sp³-hybridized carbons (Fsp3) is 0.235. The Morgan fingerprint density at radius 3 is 1.43 bits per heavy atom. The number of hydrogen-bond donors (Lipinski definition) is 0. The molecule has 0 aromatic heterocycles. The van der Waals surface area contributed by atoms with Crippen LogP contribution in [0.1, 0.15) is 85.4 Å². The van der Waals surface area contributed by atoms with Gasteiger partial charge in [0.2, 0.25) is 0 Å². The molecule has 0 bridgehead atoms. The van der Waals surface area contributed by atoms with Crippen LogP contribution in [-0.2, 0) is 6.42 Å². The lowest BCUT2D eigenvalue weighted by atomic mass is 9.86. The summed E-state index contributed by atoms with van der Waals surface area (Å²) < 4.78 is 0. The van der Waals surface area contributed by atoms with Crippen LogP contribution >= 0.6 is 0 Å². The Labute approximate surface area is 211 Å². The number of rotatable bonds is 3. The van der Waals surface area contributed by atoms with Crippen LogP contribution in [0.2, 0.25) is 0 Å². The standard InChI is InChI=1S/C34H31B/c1-6-21-7-11-25-26-12-8-22(19(2)3)16-30(26)33(29(25)15-21)34-31-17-23(20(4)5)9-13-27(31)28-14-10-24(35)18-32(28)34/h7-20H,6H2,1-5H3. The number of hydrogen-bond acceptors (Lipinski definition) is 0. The van der Waals surface area contributed by atoms with E-state index in [2.05, 4.69) is 101 Å². The highest BCUT2D eigenvalue weighted by molar-refractivity contribution is 6.33. The molecule has 0 atom stereocenters. The molecule has 2 radical (unpaired) electrons. The van der Waals surface area contributed by atoms with Gasteiger partial charge in [0.25, 0.3) is 0 Å². The molecule has 4 aromatic rings. The molecule has 0 nitrogen and oxygen atoms in total. The van der Waals surface area contributed by atoms with Crippen molar-refractivity contribution in [3.05, 3.63) is 112 Å². The Morgan fingerprint density at radius 2 is 0.943 bits per heavy atom. The molecule has 35 heavy (non-hydrogen) atoms. The highest BCUT2D eigenvalue weighted by Gasteiger charge is 2.33. The lowest BCUT2D eigenvalue weighted by Crippen LogP contribution is -2.02. The Balaban J connectivity index is 1.77. The molecule has 0 fully saturated rings. The molecule has 1 heteroatoms. The summed E-state index contributed by atoms with van der Waals surface area (Å²) in [6.07, 6.45) is 1.03. The second-order valence-corrected chi connectivity index (χ2v) is 10.7. The first-order valence-electron chi connectivity index (χ1n) is 12.9. The molecule has 0 amide bonds. The van der Waals surface area contributed by atoms with E-state index in [1.165, 1.54) is 72.3 Å². The minimum absolute atomic E-state index is 0.475. The number of benzene rings is 4. The van der Waals surface area contributed by atoms with E-state index in [1.54, 1.807) is 0 Å². The maximum atomic E-state index is 6.38. The van der Waals surface area contributed by atoms with Crippen molar-refractivity contribution in [3.63, 3.8) is 0 Å². The normalized spacial score (nSPS) is 15.4. The molecule has 0 aliphatic heterocycles. The zero-order valence-corrected chi connectivity index (χ0v) is 21.4. The van der Waals surface area contributed by atoms with Crippen LogP contribution in [0.3, 0.4) is 0 Å². The molecule has 0 saturated heterocycles. The summed E-state index contributed by atoms with van der Waals surface area (Å²) in [6.45, 7) is 11.3. The van der Waals surface area contributed by atoms with Crippen molar-refractivity contribution in [2.24, 2.45) is 0 Å². The third-order valence-electron chi connectivity index (χ3n) is 7.86. The van der Waals surface area contributed by atoms with Crippen molar-refractivity contribution in [1.82, 2.24) is 0 Å². The van der Waals surface area contributed by atoms with E-state index in [-0.39, 0.29) is 0 Å². The van der Waals surface area contributed by atoms with Crippen molar-refractivity contribution in [3.8, 4) is 22.3 Å². The van der Waals surface area contributed by atoms with Gasteiger partial charge in [-0.1, -0.05) is 113 Å². The topological polar surface area (TPSA) is 0 Å². The van der Waals surface area contributed by atoms with Crippen LogP contribution in [0.25, 0.3) is 33.4 Å². The highest BCUT2D eigenvalue weighted by atomic mass is 14.4. The van der Waals surface area contributed by atoms with Crippen LogP contribution in [0.15, 0.2) is 72.8 Å². The fourth-order valence-electron chi connectivity index (χ4n) is 5.81. The molecule has 0 N–H and O–H groups in total. The molecule has 170 valence electrons. The van der Waals surface area contributed by atoms with Crippen LogP contribution in [0.5, 0.6) is 0 Å². The average Bonchev–Trinajstić information content (AvgIpc) is 3.33. The van der Waals surface area contributed by atoms with Gasteiger partial charge in [-0.15, -0.1) is 0 Å². The summed E-state index contributed by atoms with van der Waals surface area (Å²) in [5.74, 6) is 0.954. The predicted octanol–water partition coefficient (Wildman–Crippen LogP) is 8.26. The van der Waals surface area contributed by atoms with Crippen LogP contribution in [0, 0.1) is 0 Å². The fourth-order valence-corrected chi connectivity index (χ4v) is 5.81. The minimum Gasteiger partial charge on any atom is -0.0960 e. The Kier molecular flexibility index (Phi) is 5.15. The van der Waals surface area contributed by atoms with Crippen molar-refractivity contribution in [2.75, 3.05) is 0 Å². The summed E-state index contributed by atoms with van der Waals surface area (Å²) in [6, 6.07) is 27.6. The van der Waals surface area contributed by atoms with Gasteiger partial charge < -0.3 is 0 Å². The van der Waals surface area contributed by atoms with Crippen molar-refractivity contribution in [1.29, 1.82) is 0 Å². The van der Waals surface area contributed by atoms with E-state index < -0.39 is 0 Å². The molecular formula is C34H31B. The predicted molar refractivity (Wildman–Crippen MR) is 152 cm³/mol. The molecule has 0 saturated carbocycles. The summed E-state index contributed by atoms with van der Waals surface area (Å²) in [4.78, 5) is 0. The van der Waals surface area contributed by atoms with Gasteiger partial charge in [-0.2, -0.15) is 0 Å². The monoisotopic (exact) mass is 450 g/mol. The Morgan fingerprint density at radius 1 is 0.514 bits per heavy atom. The Hall–Kier alpha value is -3.32. The van der Waals surface area contributed by atoms with E-state index >= 15 is 0 Å². The van der Waals surface area contributed by atoms with Crippen LogP contribution < -0.4 is 5.46 Å². The summed E-state index contributed by atoms with van der Waals surface area (Å²) >= 11 is 0. The van der Waals surface area contributed by atoms with Crippen LogP contribution in [0.4, 0.5) is 0 Å².